The van der Waals surface area contributed by atoms with Gasteiger partial charge in [-0.15, -0.1) is 0 Å². The Balaban J connectivity index is 1.70. The quantitative estimate of drug-likeness (QED) is 0.694. The van der Waals surface area contributed by atoms with E-state index < -0.39 is 0 Å². The van der Waals surface area contributed by atoms with Crippen molar-refractivity contribution in [2.24, 2.45) is 5.92 Å². The zero-order chi connectivity index (χ0) is 20.3. The van der Waals surface area contributed by atoms with E-state index in [0.29, 0.717) is 30.5 Å². The monoisotopic (exact) mass is 387 g/mol. The van der Waals surface area contributed by atoms with Gasteiger partial charge >= 0.3 is 0 Å². The number of aryl methyl sites for hydroxylation is 1. The number of hydrogen-bond donors (Lipinski definition) is 0. The number of likely N-dealkylation sites (tertiary alicyclic amines) is 1. The summed E-state index contributed by atoms with van der Waals surface area (Å²) in [6, 6.07) is 5.57. The summed E-state index contributed by atoms with van der Waals surface area (Å²) in [5, 5.41) is 0. The molecule has 0 spiro atoms. The van der Waals surface area contributed by atoms with Crippen LogP contribution in [0.2, 0.25) is 0 Å². The van der Waals surface area contributed by atoms with Crippen molar-refractivity contribution >= 4 is 5.91 Å². The van der Waals surface area contributed by atoms with E-state index in [1.165, 1.54) is 0 Å². The Kier molecular flexibility index (Phi) is 6.24. The van der Waals surface area contributed by atoms with Gasteiger partial charge in [0.15, 0.2) is 0 Å². The molecule has 1 saturated heterocycles. The lowest BCUT2D eigenvalue weighted by molar-refractivity contribution is -0.127. The van der Waals surface area contributed by atoms with Crippen LogP contribution in [-0.2, 0) is 11.3 Å². The first-order valence-electron chi connectivity index (χ1n) is 9.60. The van der Waals surface area contributed by atoms with Crippen LogP contribution in [0, 0.1) is 12.8 Å². The third kappa shape index (κ3) is 4.30. The Hall–Kier alpha value is -2.54. The minimum absolute atomic E-state index is 0.257. The second kappa shape index (κ2) is 8.65. The van der Waals surface area contributed by atoms with Crippen LogP contribution in [0.15, 0.2) is 22.6 Å². The molecule has 1 aliphatic heterocycles. The van der Waals surface area contributed by atoms with Crippen molar-refractivity contribution in [1.82, 2.24) is 14.8 Å². The molecule has 1 aromatic heterocycles. The summed E-state index contributed by atoms with van der Waals surface area (Å²) in [4.78, 5) is 20.8. The normalized spacial score (nSPS) is 16.9. The van der Waals surface area contributed by atoms with Crippen LogP contribution in [0.25, 0.3) is 11.5 Å². The molecule has 0 bridgehead atoms. The molecule has 0 N–H and O–H groups in total. The molecule has 1 aliphatic rings. The van der Waals surface area contributed by atoms with Gasteiger partial charge in [-0.3, -0.25) is 4.79 Å². The SMILES string of the molecule is CCN1C[C@H](CN(C)Cc2nc(-c3ccc(OC)cc3OC)oc2C)CC1=O. The maximum absolute atomic E-state index is 11.9. The summed E-state index contributed by atoms with van der Waals surface area (Å²) in [5.41, 5.74) is 1.69. The fourth-order valence-corrected chi connectivity index (χ4v) is 3.71. The third-order valence-corrected chi connectivity index (χ3v) is 5.20. The molecule has 0 radical (unpaired) electrons. The summed E-state index contributed by atoms with van der Waals surface area (Å²) in [7, 11) is 5.29. The number of nitrogens with zero attached hydrogens (tertiary/aromatic N) is 3. The van der Waals surface area contributed by atoms with Crippen LogP contribution in [0.4, 0.5) is 0 Å². The van der Waals surface area contributed by atoms with Crippen molar-refractivity contribution in [2.75, 3.05) is 40.9 Å². The highest BCUT2D eigenvalue weighted by Gasteiger charge is 2.29. The topological polar surface area (TPSA) is 68.0 Å². The molecule has 0 aliphatic carbocycles. The van der Waals surface area contributed by atoms with Crippen molar-refractivity contribution < 1.29 is 18.7 Å². The van der Waals surface area contributed by atoms with E-state index in [-0.39, 0.29) is 5.91 Å². The van der Waals surface area contributed by atoms with Crippen LogP contribution in [0.1, 0.15) is 24.8 Å². The highest BCUT2D eigenvalue weighted by Crippen LogP contribution is 2.34. The molecule has 7 nitrogen and oxygen atoms in total. The number of methoxy groups -OCH3 is 2. The van der Waals surface area contributed by atoms with Crippen LogP contribution < -0.4 is 9.47 Å². The van der Waals surface area contributed by atoms with Gasteiger partial charge in [0.2, 0.25) is 11.8 Å². The van der Waals surface area contributed by atoms with Gasteiger partial charge in [0.25, 0.3) is 0 Å². The van der Waals surface area contributed by atoms with Crippen molar-refractivity contribution in [1.29, 1.82) is 0 Å². The summed E-state index contributed by atoms with van der Waals surface area (Å²) in [5.74, 6) is 3.32. The predicted molar refractivity (Wildman–Crippen MR) is 106 cm³/mol. The number of ether oxygens (including phenoxy) is 2. The van der Waals surface area contributed by atoms with E-state index in [1.54, 1.807) is 14.2 Å². The van der Waals surface area contributed by atoms with Crippen LogP contribution >= 0.6 is 0 Å². The number of aromatic nitrogens is 1. The maximum Gasteiger partial charge on any atom is 0.230 e. The smallest absolute Gasteiger partial charge is 0.230 e. The van der Waals surface area contributed by atoms with E-state index in [1.807, 2.05) is 36.9 Å². The van der Waals surface area contributed by atoms with Gasteiger partial charge in [0.05, 0.1) is 25.5 Å². The van der Waals surface area contributed by atoms with Crippen molar-refractivity contribution in [3.8, 4) is 23.0 Å². The molecule has 1 atom stereocenters. The first kappa shape index (κ1) is 20.2. The van der Waals surface area contributed by atoms with Crippen molar-refractivity contribution in [3.05, 3.63) is 29.7 Å². The molecule has 1 aromatic carbocycles. The Morgan fingerprint density at radius 2 is 2.11 bits per heavy atom. The standard InChI is InChI=1S/C21H29N3O4/c1-6-24-12-15(9-20(24)25)11-23(3)13-18-14(2)28-21(22-18)17-8-7-16(26-4)10-19(17)27-5/h7-8,10,15H,6,9,11-13H2,1-5H3/t15-/m0/s1. The molecule has 0 saturated carbocycles. The van der Waals surface area contributed by atoms with E-state index in [4.69, 9.17) is 18.9 Å². The molecule has 2 aromatic rings. The number of carbonyl (C=O) groups is 1. The molecule has 1 amide bonds. The fraction of sp³-hybridized carbons (Fsp3) is 0.524. The highest BCUT2D eigenvalue weighted by molar-refractivity contribution is 5.78. The lowest BCUT2D eigenvalue weighted by Crippen LogP contribution is -2.28. The second-order valence-corrected chi connectivity index (χ2v) is 7.29. The lowest BCUT2D eigenvalue weighted by atomic mass is 10.1. The summed E-state index contributed by atoms with van der Waals surface area (Å²) >= 11 is 0. The van der Waals surface area contributed by atoms with Gasteiger partial charge in [-0.25, -0.2) is 4.98 Å². The number of amides is 1. The number of carbonyl (C=O) groups excluding carboxylic acids is 1. The lowest BCUT2D eigenvalue weighted by Gasteiger charge is -2.20. The minimum Gasteiger partial charge on any atom is -0.497 e. The van der Waals surface area contributed by atoms with Crippen LogP contribution in [0.5, 0.6) is 11.5 Å². The average molecular weight is 387 g/mol. The maximum atomic E-state index is 11.9. The predicted octanol–water partition coefficient (Wildman–Crippen LogP) is 2.97. The Morgan fingerprint density at radius 1 is 1.32 bits per heavy atom. The van der Waals surface area contributed by atoms with Gasteiger partial charge in [-0.2, -0.15) is 0 Å². The molecule has 1 fully saturated rings. The first-order valence-corrected chi connectivity index (χ1v) is 9.60. The van der Waals surface area contributed by atoms with Gasteiger partial charge in [-0.05, 0) is 38.9 Å². The van der Waals surface area contributed by atoms with E-state index in [2.05, 4.69) is 11.9 Å². The molecule has 152 valence electrons. The Labute approximate surface area is 166 Å². The summed E-state index contributed by atoms with van der Waals surface area (Å²) in [6.07, 6.45) is 0.629. The van der Waals surface area contributed by atoms with E-state index in [0.717, 1.165) is 42.4 Å². The van der Waals surface area contributed by atoms with Crippen molar-refractivity contribution in [3.63, 3.8) is 0 Å². The van der Waals surface area contributed by atoms with Gasteiger partial charge < -0.3 is 23.7 Å². The first-order chi connectivity index (χ1) is 13.4. The Morgan fingerprint density at radius 3 is 2.75 bits per heavy atom. The second-order valence-electron chi connectivity index (χ2n) is 7.29. The zero-order valence-electron chi connectivity index (χ0n) is 17.3. The molecule has 3 rings (SSSR count). The number of rotatable bonds is 8. The number of hydrogen-bond acceptors (Lipinski definition) is 6. The molecule has 2 heterocycles. The number of oxazole rings is 1. The third-order valence-electron chi connectivity index (χ3n) is 5.20. The molecule has 0 unspecified atom stereocenters. The highest BCUT2D eigenvalue weighted by atomic mass is 16.5. The average Bonchev–Trinajstić information content (AvgIpc) is 3.22. The van der Waals surface area contributed by atoms with Gasteiger partial charge in [0, 0.05) is 38.7 Å². The summed E-state index contributed by atoms with van der Waals surface area (Å²) < 4.78 is 16.6. The van der Waals surface area contributed by atoms with Gasteiger partial charge in [0.1, 0.15) is 17.3 Å². The minimum atomic E-state index is 0.257. The molecule has 28 heavy (non-hydrogen) atoms. The molecular formula is C21H29N3O4. The van der Waals surface area contributed by atoms with Crippen LogP contribution in [0.3, 0.4) is 0 Å². The Bertz CT molecular complexity index is 833. The van der Waals surface area contributed by atoms with Gasteiger partial charge in [-0.1, -0.05) is 0 Å². The largest absolute Gasteiger partial charge is 0.497 e. The van der Waals surface area contributed by atoms with Crippen LogP contribution in [-0.4, -0.2) is 61.6 Å². The fourth-order valence-electron chi connectivity index (χ4n) is 3.71. The number of benzene rings is 1. The zero-order valence-corrected chi connectivity index (χ0v) is 17.3. The van der Waals surface area contributed by atoms with Crippen molar-refractivity contribution in [2.45, 2.75) is 26.8 Å². The van der Waals surface area contributed by atoms with E-state index in [9.17, 15) is 4.79 Å². The molecule has 7 heteroatoms. The van der Waals surface area contributed by atoms with E-state index >= 15 is 0 Å². The summed E-state index contributed by atoms with van der Waals surface area (Å²) in [6.45, 7) is 7.10. The molecular weight excluding hydrogens is 358 g/mol.